The molecule has 6 atom stereocenters. The fourth-order valence-electron chi connectivity index (χ4n) is 6.18. The van der Waals surface area contributed by atoms with Crippen molar-refractivity contribution in [2.45, 2.75) is 57.1 Å². The molecule has 5 rings (SSSR count). The molecule has 0 spiro atoms. The van der Waals surface area contributed by atoms with Crippen LogP contribution < -0.4 is 10.1 Å². The number of rotatable bonds is 5. The van der Waals surface area contributed by atoms with E-state index < -0.39 is 0 Å². The zero-order chi connectivity index (χ0) is 17.5. The van der Waals surface area contributed by atoms with Crippen molar-refractivity contribution >= 4 is 5.91 Å². The lowest BCUT2D eigenvalue weighted by Crippen LogP contribution is -2.42. The lowest BCUT2D eigenvalue weighted by Gasteiger charge is -2.32. The molecule has 4 nitrogen and oxygen atoms in total. The minimum absolute atomic E-state index is 0.0552. The first-order valence-corrected chi connectivity index (χ1v) is 10.4. The normalized spacial score (nSPS) is 37.7. The summed E-state index contributed by atoms with van der Waals surface area (Å²) in [4.78, 5) is 12.8. The van der Waals surface area contributed by atoms with Crippen molar-refractivity contribution < 1.29 is 14.3 Å². The first kappa shape index (κ1) is 16.6. The summed E-state index contributed by atoms with van der Waals surface area (Å²) in [6.45, 7) is 1.41. The highest BCUT2D eigenvalue weighted by atomic mass is 16.5. The molecule has 3 aliphatic carbocycles. The highest BCUT2D eigenvalue weighted by Crippen LogP contribution is 2.58. The maximum atomic E-state index is 12.8. The topological polar surface area (TPSA) is 47.6 Å². The lowest BCUT2D eigenvalue weighted by atomic mass is 9.79. The second-order valence-electron chi connectivity index (χ2n) is 8.71. The molecule has 4 heteroatoms. The van der Waals surface area contributed by atoms with E-state index in [0.717, 1.165) is 48.9 Å². The van der Waals surface area contributed by atoms with Gasteiger partial charge in [-0.1, -0.05) is 12.5 Å². The fraction of sp³-hybridized carbons (Fsp3) is 0.682. The monoisotopic (exact) mass is 355 g/mol. The van der Waals surface area contributed by atoms with Crippen LogP contribution in [-0.2, 0) is 4.74 Å². The summed E-state index contributed by atoms with van der Waals surface area (Å²) in [5.41, 5.74) is 0.709. The number of hydrogen-bond donors (Lipinski definition) is 1. The number of carbonyl (C=O) groups excluding carboxylic acids is 1. The SMILES string of the molecule is O=C(N[C@@H]1C[C@H]2C[C@H]1[C@@H]1CCC[C@@H]21)c1cccc(OC[C@@H]2CCCO2)c1. The van der Waals surface area contributed by atoms with Gasteiger partial charge in [-0.05, 0) is 80.4 Å². The van der Waals surface area contributed by atoms with Crippen molar-refractivity contribution in [2.24, 2.45) is 23.7 Å². The molecule has 1 amide bonds. The van der Waals surface area contributed by atoms with Crippen molar-refractivity contribution in [1.82, 2.24) is 5.32 Å². The highest BCUT2D eigenvalue weighted by Gasteiger charge is 2.54. The van der Waals surface area contributed by atoms with Gasteiger partial charge in [-0.25, -0.2) is 0 Å². The van der Waals surface area contributed by atoms with Crippen LogP contribution in [0, 0.1) is 23.7 Å². The van der Waals surface area contributed by atoms with Crippen LogP contribution >= 0.6 is 0 Å². The van der Waals surface area contributed by atoms with Crippen molar-refractivity contribution in [3.63, 3.8) is 0 Å². The average Bonchev–Trinajstić information content (AvgIpc) is 3.42. The van der Waals surface area contributed by atoms with Gasteiger partial charge in [-0.2, -0.15) is 0 Å². The molecule has 1 aromatic carbocycles. The van der Waals surface area contributed by atoms with Gasteiger partial charge in [0, 0.05) is 18.2 Å². The van der Waals surface area contributed by atoms with Gasteiger partial charge in [0.25, 0.3) is 5.91 Å². The first-order chi connectivity index (χ1) is 12.8. The molecule has 26 heavy (non-hydrogen) atoms. The summed E-state index contributed by atoms with van der Waals surface area (Å²) in [5.74, 6) is 4.23. The van der Waals surface area contributed by atoms with Gasteiger partial charge in [0.05, 0.1) is 6.10 Å². The van der Waals surface area contributed by atoms with E-state index in [2.05, 4.69) is 5.32 Å². The molecule has 3 saturated carbocycles. The molecular formula is C22H29NO3. The van der Waals surface area contributed by atoms with Gasteiger partial charge in [-0.15, -0.1) is 0 Å². The highest BCUT2D eigenvalue weighted by molar-refractivity contribution is 5.94. The van der Waals surface area contributed by atoms with Gasteiger partial charge >= 0.3 is 0 Å². The molecule has 0 radical (unpaired) electrons. The molecule has 1 N–H and O–H groups in total. The van der Waals surface area contributed by atoms with E-state index in [1.165, 1.54) is 32.1 Å². The Hall–Kier alpha value is -1.55. The van der Waals surface area contributed by atoms with E-state index >= 15 is 0 Å². The van der Waals surface area contributed by atoms with Crippen LogP contribution in [0.4, 0.5) is 0 Å². The number of hydrogen-bond acceptors (Lipinski definition) is 3. The predicted molar refractivity (Wildman–Crippen MR) is 99.2 cm³/mol. The molecule has 4 aliphatic rings. The van der Waals surface area contributed by atoms with E-state index in [-0.39, 0.29) is 12.0 Å². The maximum absolute atomic E-state index is 12.8. The standard InChI is InChI=1S/C22H29NO3/c24-22(23-21-12-15-11-20(21)19-8-2-7-18(15)19)14-4-1-5-16(10-14)26-13-17-6-3-9-25-17/h1,4-5,10,15,17-21H,2-3,6-9,11-13H2,(H,23,24)/t15-,17+,18+,19-,20+,21-/m1/s1. The van der Waals surface area contributed by atoms with Crippen LogP contribution in [0.3, 0.4) is 0 Å². The lowest BCUT2D eigenvalue weighted by molar-refractivity contribution is 0.0679. The summed E-state index contributed by atoms with van der Waals surface area (Å²) < 4.78 is 11.5. The quantitative estimate of drug-likeness (QED) is 0.874. The average molecular weight is 355 g/mol. The molecule has 1 saturated heterocycles. The third-order valence-electron chi connectivity index (χ3n) is 7.30. The van der Waals surface area contributed by atoms with Crippen LogP contribution in [-0.4, -0.2) is 31.3 Å². The Labute approximate surface area is 155 Å². The van der Waals surface area contributed by atoms with E-state index in [9.17, 15) is 4.79 Å². The van der Waals surface area contributed by atoms with E-state index in [0.29, 0.717) is 18.2 Å². The third-order valence-corrected chi connectivity index (χ3v) is 7.30. The first-order valence-electron chi connectivity index (χ1n) is 10.4. The van der Waals surface area contributed by atoms with Gasteiger partial charge in [0.15, 0.2) is 0 Å². The number of carbonyl (C=O) groups is 1. The van der Waals surface area contributed by atoms with Crippen LogP contribution in [0.2, 0.25) is 0 Å². The fourth-order valence-corrected chi connectivity index (χ4v) is 6.18. The molecule has 2 bridgehead atoms. The van der Waals surface area contributed by atoms with Gasteiger partial charge in [-0.3, -0.25) is 4.79 Å². The molecule has 1 heterocycles. The van der Waals surface area contributed by atoms with Gasteiger partial charge in [0.1, 0.15) is 12.4 Å². The van der Waals surface area contributed by atoms with Crippen LogP contribution in [0.25, 0.3) is 0 Å². The Balaban J connectivity index is 1.20. The summed E-state index contributed by atoms with van der Waals surface area (Å²) >= 11 is 0. The van der Waals surface area contributed by atoms with E-state index in [4.69, 9.17) is 9.47 Å². The second-order valence-corrected chi connectivity index (χ2v) is 8.71. The molecular weight excluding hydrogens is 326 g/mol. The van der Waals surface area contributed by atoms with E-state index in [1.54, 1.807) is 0 Å². The van der Waals surface area contributed by atoms with Crippen molar-refractivity contribution in [3.8, 4) is 5.75 Å². The Bertz CT molecular complexity index is 669. The number of benzene rings is 1. The molecule has 1 aromatic rings. The number of nitrogens with one attached hydrogen (secondary N) is 1. The molecule has 140 valence electrons. The van der Waals surface area contributed by atoms with Crippen LogP contribution in [0.1, 0.15) is 55.3 Å². The Morgan fingerprint density at radius 3 is 2.92 bits per heavy atom. The minimum Gasteiger partial charge on any atom is -0.491 e. The number of ether oxygens (including phenoxy) is 2. The second kappa shape index (κ2) is 6.88. The van der Waals surface area contributed by atoms with Crippen molar-refractivity contribution in [3.05, 3.63) is 29.8 Å². The largest absolute Gasteiger partial charge is 0.491 e. The Morgan fingerprint density at radius 1 is 1.12 bits per heavy atom. The van der Waals surface area contributed by atoms with Crippen LogP contribution in [0.5, 0.6) is 5.75 Å². The Kier molecular flexibility index (Phi) is 4.39. The summed E-state index contributed by atoms with van der Waals surface area (Å²) in [6.07, 6.45) is 9.10. The van der Waals surface area contributed by atoms with Crippen LogP contribution in [0.15, 0.2) is 24.3 Å². The zero-order valence-electron chi connectivity index (χ0n) is 15.4. The number of fused-ring (bicyclic) bond motifs is 5. The van der Waals surface area contributed by atoms with Crippen molar-refractivity contribution in [1.29, 1.82) is 0 Å². The zero-order valence-corrected chi connectivity index (χ0v) is 15.4. The minimum atomic E-state index is 0.0552. The number of amides is 1. The predicted octanol–water partition coefficient (Wildman–Crippen LogP) is 3.80. The third kappa shape index (κ3) is 3.02. The summed E-state index contributed by atoms with van der Waals surface area (Å²) in [5, 5.41) is 3.34. The van der Waals surface area contributed by atoms with Gasteiger partial charge < -0.3 is 14.8 Å². The Morgan fingerprint density at radius 2 is 2.04 bits per heavy atom. The summed E-state index contributed by atoms with van der Waals surface area (Å²) in [6, 6.07) is 7.97. The molecule has 1 aliphatic heterocycles. The molecule has 0 unspecified atom stereocenters. The summed E-state index contributed by atoms with van der Waals surface area (Å²) in [7, 11) is 0. The van der Waals surface area contributed by atoms with Crippen molar-refractivity contribution in [2.75, 3.05) is 13.2 Å². The smallest absolute Gasteiger partial charge is 0.251 e. The van der Waals surface area contributed by atoms with E-state index in [1.807, 2.05) is 24.3 Å². The molecule has 4 fully saturated rings. The maximum Gasteiger partial charge on any atom is 0.251 e. The van der Waals surface area contributed by atoms with Gasteiger partial charge in [0.2, 0.25) is 0 Å². The molecule has 0 aromatic heterocycles.